The van der Waals surface area contributed by atoms with Gasteiger partial charge in [-0.05, 0) is 48.8 Å². The summed E-state index contributed by atoms with van der Waals surface area (Å²) in [6.45, 7) is 0. The van der Waals surface area contributed by atoms with E-state index in [-0.39, 0.29) is 18.2 Å². The third-order valence-corrected chi connectivity index (χ3v) is 4.81. The van der Waals surface area contributed by atoms with Crippen LogP contribution in [0.5, 0.6) is 0 Å². The van der Waals surface area contributed by atoms with E-state index in [9.17, 15) is 9.59 Å². The fraction of sp³-hybridized carbons (Fsp3) is 0.529. The molecule has 0 aliphatic heterocycles. The highest BCUT2D eigenvalue weighted by Gasteiger charge is 2.54. The third kappa shape index (κ3) is 3.26. The molecule has 21 heavy (non-hydrogen) atoms. The van der Waals surface area contributed by atoms with Gasteiger partial charge in [0.15, 0.2) is 0 Å². The molecule has 2 unspecified atom stereocenters. The Labute approximate surface area is 124 Å². The standard InChI is InChI=1S/C17H21NO3/c19-15(20)10-7-11-5-8-12(9-6-11)18-17(21)16-13-3-1-2-4-14(13)16/h5-6,8-9,13-14,16H,1-4,7,10H2,(H,18,21)(H,19,20). The molecule has 112 valence electrons. The van der Waals surface area contributed by atoms with Crippen molar-refractivity contribution < 1.29 is 14.7 Å². The minimum atomic E-state index is -0.788. The van der Waals surface area contributed by atoms with Gasteiger partial charge in [-0.3, -0.25) is 9.59 Å². The zero-order valence-corrected chi connectivity index (χ0v) is 12.0. The predicted molar refractivity (Wildman–Crippen MR) is 80.0 cm³/mol. The molecule has 2 saturated carbocycles. The second-order valence-electron chi connectivity index (χ2n) is 6.22. The second-order valence-corrected chi connectivity index (χ2v) is 6.22. The van der Waals surface area contributed by atoms with Crippen LogP contribution >= 0.6 is 0 Å². The highest BCUT2D eigenvalue weighted by atomic mass is 16.4. The van der Waals surface area contributed by atoms with Crippen LogP contribution in [0.1, 0.15) is 37.7 Å². The quantitative estimate of drug-likeness (QED) is 0.874. The number of anilines is 1. The summed E-state index contributed by atoms with van der Waals surface area (Å²) in [5.74, 6) is 0.829. The molecule has 1 aromatic rings. The van der Waals surface area contributed by atoms with Crippen LogP contribution in [0.2, 0.25) is 0 Å². The van der Waals surface area contributed by atoms with Gasteiger partial charge in [0.25, 0.3) is 0 Å². The summed E-state index contributed by atoms with van der Waals surface area (Å²) in [5.41, 5.74) is 1.79. The summed E-state index contributed by atoms with van der Waals surface area (Å²) >= 11 is 0. The second kappa shape index (κ2) is 5.88. The first-order valence-electron chi connectivity index (χ1n) is 7.77. The van der Waals surface area contributed by atoms with Crippen LogP contribution in [-0.4, -0.2) is 17.0 Å². The Morgan fingerprint density at radius 3 is 2.29 bits per heavy atom. The van der Waals surface area contributed by atoms with Gasteiger partial charge in [0, 0.05) is 18.0 Å². The molecule has 3 rings (SSSR count). The monoisotopic (exact) mass is 287 g/mol. The number of carbonyl (C=O) groups excluding carboxylic acids is 1. The third-order valence-electron chi connectivity index (χ3n) is 4.81. The normalized spacial score (nSPS) is 26.8. The summed E-state index contributed by atoms with van der Waals surface area (Å²) < 4.78 is 0. The average Bonchev–Trinajstić information content (AvgIpc) is 3.21. The zero-order valence-electron chi connectivity index (χ0n) is 12.0. The van der Waals surface area contributed by atoms with Crippen molar-refractivity contribution in [1.29, 1.82) is 0 Å². The van der Waals surface area contributed by atoms with Gasteiger partial charge in [0.2, 0.25) is 5.91 Å². The Balaban J connectivity index is 1.53. The number of carboxylic acid groups (broad SMARTS) is 1. The van der Waals surface area contributed by atoms with Crippen LogP contribution in [0.25, 0.3) is 0 Å². The number of fused-ring (bicyclic) bond motifs is 1. The van der Waals surface area contributed by atoms with Gasteiger partial charge < -0.3 is 10.4 Å². The van der Waals surface area contributed by atoms with E-state index in [0.29, 0.717) is 18.3 Å². The molecule has 2 aliphatic carbocycles. The summed E-state index contributed by atoms with van der Waals surface area (Å²) in [6, 6.07) is 7.50. The maximum absolute atomic E-state index is 12.3. The van der Waals surface area contributed by atoms with Gasteiger partial charge in [0.05, 0.1) is 0 Å². The summed E-state index contributed by atoms with van der Waals surface area (Å²) in [7, 11) is 0. The lowest BCUT2D eigenvalue weighted by molar-refractivity contribution is -0.137. The van der Waals surface area contributed by atoms with Crippen LogP contribution in [0, 0.1) is 17.8 Å². The van der Waals surface area contributed by atoms with Crippen LogP contribution in [-0.2, 0) is 16.0 Å². The average molecular weight is 287 g/mol. The SMILES string of the molecule is O=C(O)CCc1ccc(NC(=O)C2C3CCCCC32)cc1. The van der Waals surface area contributed by atoms with Crippen molar-refractivity contribution >= 4 is 17.6 Å². The first-order valence-corrected chi connectivity index (χ1v) is 7.77. The summed E-state index contributed by atoms with van der Waals surface area (Å²) in [5, 5.41) is 11.7. The molecule has 2 atom stereocenters. The van der Waals surface area contributed by atoms with Crippen molar-refractivity contribution in [2.75, 3.05) is 5.32 Å². The van der Waals surface area contributed by atoms with Gasteiger partial charge in [-0.25, -0.2) is 0 Å². The molecule has 2 N–H and O–H groups in total. The topological polar surface area (TPSA) is 66.4 Å². The largest absolute Gasteiger partial charge is 0.481 e. The smallest absolute Gasteiger partial charge is 0.303 e. The number of aryl methyl sites for hydroxylation is 1. The lowest BCUT2D eigenvalue weighted by atomic mass is 10.0. The molecule has 1 aromatic carbocycles. The van der Waals surface area contributed by atoms with Crippen molar-refractivity contribution in [2.24, 2.45) is 17.8 Å². The Morgan fingerprint density at radius 1 is 1.10 bits per heavy atom. The number of hydrogen-bond donors (Lipinski definition) is 2. The van der Waals surface area contributed by atoms with E-state index >= 15 is 0 Å². The van der Waals surface area contributed by atoms with Gasteiger partial charge in [0.1, 0.15) is 0 Å². The van der Waals surface area contributed by atoms with Crippen molar-refractivity contribution in [3.63, 3.8) is 0 Å². The molecule has 0 radical (unpaired) electrons. The molecule has 4 heteroatoms. The predicted octanol–water partition coefficient (Wildman–Crippen LogP) is 3.08. The number of rotatable bonds is 5. The molecular formula is C17H21NO3. The van der Waals surface area contributed by atoms with Gasteiger partial charge in [-0.2, -0.15) is 0 Å². The number of aliphatic carboxylic acids is 1. The summed E-state index contributed by atoms with van der Waals surface area (Å²) in [6.07, 6.45) is 5.60. The van der Waals surface area contributed by atoms with Crippen LogP contribution < -0.4 is 5.32 Å². The van der Waals surface area contributed by atoms with Crippen LogP contribution in [0.4, 0.5) is 5.69 Å². The molecule has 0 spiro atoms. The Kier molecular flexibility index (Phi) is 3.95. The van der Waals surface area contributed by atoms with E-state index < -0.39 is 5.97 Å². The number of carbonyl (C=O) groups is 2. The Morgan fingerprint density at radius 2 is 1.71 bits per heavy atom. The molecule has 4 nitrogen and oxygen atoms in total. The Hall–Kier alpha value is -1.84. The molecule has 0 bridgehead atoms. The van der Waals surface area contributed by atoms with E-state index in [1.54, 1.807) is 0 Å². The first kappa shape index (κ1) is 14.1. The molecule has 0 heterocycles. The highest BCUT2D eigenvalue weighted by Crippen LogP contribution is 2.55. The number of amides is 1. The molecule has 0 aromatic heterocycles. The van der Waals surface area contributed by atoms with Crippen molar-refractivity contribution in [1.82, 2.24) is 0 Å². The minimum absolute atomic E-state index is 0.136. The molecule has 2 aliphatic rings. The van der Waals surface area contributed by atoms with Gasteiger partial charge in [-0.15, -0.1) is 0 Å². The van der Waals surface area contributed by atoms with Crippen LogP contribution in [0.3, 0.4) is 0 Å². The highest BCUT2D eigenvalue weighted by molar-refractivity contribution is 5.94. The number of hydrogen-bond acceptors (Lipinski definition) is 2. The van der Waals surface area contributed by atoms with Gasteiger partial charge >= 0.3 is 5.97 Å². The van der Waals surface area contributed by atoms with Crippen molar-refractivity contribution in [3.8, 4) is 0 Å². The van der Waals surface area contributed by atoms with E-state index in [0.717, 1.165) is 11.3 Å². The van der Waals surface area contributed by atoms with Crippen LogP contribution in [0.15, 0.2) is 24.3 Å². The number of nitrogens with one attached hydrogen (secondary N) is 1. The fourth-order valence-corrected chi connectivity index (χ4v) is 3.61. The maximum atomic E-state index is 12.3. The van der Waals surface area contributed by atoms with E-state index in [4.69, 9.17) is 5.11 Å². The van der Waals surface area contributed by atoms with E-state index in [2.05, 4.69) is 5.32 Å². The zero-order chi connectivity index (χ0) is 14.8. The lowest BCUT2D eigenvalue weighted by Gasteiger charge is -2.06. The number of benzene rings is 1. The molecule has 0 saturated heterocycles. The first-order chi connectivity index (χ1) is 10.1. The lowest BCUT2D eigenvalue weighted by Crippen LogP contribution is -2.15. The summed E-state index contributed by atoms with van der Waals surface area (Å²) in [4.78, 5) is 22.8. The van der Waals surface area contributed by atoms with Gasteiger partial charge in [-0.1, -0.05) is 25.0 Å². The van der Waals surface area contributed by atoms with Crippen molar-refractivity contribution in [3.05, 3.63) is 29.8 Å². The molecular weight excluding hydrogens is 266 g/mol. The van der Waals surface area contributed by atoms with E-state index in [1.165, 1.54) is 25.7 Å². The maximum Gasteiger partial charge on any atom is 0.303 e. The molecule has 2 fully saturated rings. The minimum Gasteiger partial charge on any atom is -0.481 e. The fourth-order valence-electron chi connectivity index (χ4n) is 3.61. The number of carboxylic acids is 1. The van der Waals surface area contributed by atoms with E-state index in [1.807, 2.05) is 24.3 Å². The molecule has 1 amide bonds. The van der Waals surface area contributed by atoms with Crippen molar-refractivity contribution in [2.45, 2.75) is 38.5 Å². The Bertz CT molecular complexity index is 525.